The van der Waals surface area contributed by atoms with E-state index < -0.39 is 0 Å². The maximum Gasteiger partial charge on any atom is 0.246 e. The first-order valence-electron chi connectivity index (χ1n) is 12.6. The van der Waals surface area contributed by atoms with E-state index in [0.29, 0.717) is 29.4 Å². The average Bonchev–Trinajstić information content (AvgIpc) is 3.34. The predicted octanol–water partition coefficient (Wildman–Crippen LogP) is 4.81. The second-order valence-electron chi connectivity index (χ2n) is 11.5. The Morgan fingerprint density at radius 2 is 1.94 bits per heavy atom. The van der Waals surface area contributed by atoms with Gasteiger partial charge in [-0.05, 0) is 79.9 Å². The molecule has 0 spiro atoms. The maximum atomic E-state index is 12.7. The lowest BCUT2D eigenvalue weighted by Gasteiger charge is -2.60. The lowest BCUT2D eigenvalue weighted by molar-refractivity contribution is -0.138. The molecule has 6 rings (SSSR count). The van der Waals surface area contributed by atoms with Crippen molar-refractivity contribution < 1.29 is 9.59 Å². The third-order valence-electron chi connectivity index (χ3n) is 10.2. The van der Waals surface area contributed by atoms with E-state index in [-0.39, 0.29) is 28.6 Å². The molecule has 1 amide bonds. The minimum Gasteiger partial charge on any atom is -0.338 e. The number of carbonyl (C=O) groups is 2. The van der Waals surface area contributed by atoms with Crippen molar-refractivity contribution in [3.05, 3.63) is 36.3 Å². The van der Waals surface area contributed by atoms with Crippen molar-refractivity contribution in [2.75, 3.05) is 7.05 Å². The molecular formula is C27H34N4O2. The van der Waals surface area contributed by atoms with Gasteiger partial charge in [0.25, 0.3) is 0 Å². The number of likely N-dealkylation sites (N-methyl/N-ethyl adjacent to an activating group) is 1. The predicted molar refractivity (Wildman–Crippen MR) is 127 cm³/mol. The van der Waals surface area contributed by atoms with Crippen molar-refractivity contribution in [1.82, 2.24) is 19.4 Å². The number of pyridine rings is 1. The highest BCUT2D eigenvalue weighted by Gasteiger charge is 2.61. The van der Waals surface area contributed by atoms with Gasteiger partial charge < -0.3 is 4.90 Å². The summed E-state index contributed by atoms with van der Waals surface area (Å²) in [5.74, 6) is 3.26. The van der Waals surface area contributed by atoms with Gasteiger partial charge in [-0.15, -0.1) is 0 Å². The zero-order valence-electron chi connectivity index (χ0n) is 20.1. The standard InChI is InChI=1S/C27H34N4O2/c1-16(32)31-21-6-5-15-28-24(21)29-25(31)20-9-8-18-17-7-10-22-27(3,14-12-23(33)30(22)4)19(17)11-13-26(18,20)2/h5-6,12,14-15,17-20,22H,7-11,13H2,1-4H3/t17?,18-,19?,20+,22+,26-,27+/m0/s1. The van der Waals surface area contributed by atoms with Crippen molar-refractivity contribution in [3.63, 3.8) is 0 Å². The summed E-state index contributed by atoms with van der Waals surface area (Å²) in [5.41, 5.74) is 1.70. The van der Waals surface area contributed by atoms with E-state index in [9.17, 15) is 9.59 Å². The molecule has 6 heteroatoms. The van der Waals surface area contributed by atoms with Crippen LogP contribution >= 0.6 is 0 Å². The minimum atomic E-state index is 0.0225. The first-order chi connectivity index (χ1) is 15.8. The number of imidazole rings is 1. The molecule has 33 heavy (non-hydrogen) atoms. The van der Waals surface area contributed by atoms with Gasteiger partial charge in [0.1, 0.15) is 5.82 Å². The van der Waals surface area contributed by atoms with Crippen LogP contribution in [-0.4, -0.2) is 44.3 Å². The average molecular weight is 447 g/mol. The van der Waals surface area contributed by atoms with Crippen molar-refractivity contribution in [2.24, 2.45) is 28.6 Å². The highest BCUT2D eigenvalue weighted by atomic mass is 16.2. The number of amides is 1. The zero-order chi connectivity index (χ0) is 23.1. The summed E-state index contributed by atoms with van der Waals surface area (Å²) >= 11 is 0. The van der Waals surface area contributed by atoms with Gasteiger partial charge in [-0.25, -0.2) is 9.97 Å². The Labute approximate surface area is 195 Å². The number of fused-ring (bicyclic) bond motifs is 6. The van der Waals surface area contributed by atoms with Crippen LogP contribution in [0, 0.1) is 28.6 Å². The monoisotopic (exact) mass is 446 g/mol. The SMILES string of the molecule is CC(=O)n1c([C@H]2CC[C@H]3C4CC[C@H]5N(C)C(=O)C=C[C@]5(C)C4CC[C@]23C)nc2ncccc21. The summed E-state index contributed by atoms with van der Waals surface area (Å²) in [5, 5.41) is 0. The topological polar surface area (TPSA) is 68.1 Å². The van der Waals surface area contributed by atoms with Crippen molar-refractivity contribution in [3.8, 4) is 0 Å². The van der Waals surface area contributed by atoms with Crippen LogP contribution in [0.1, 0.15) is 75.8 Å². The molecule has 0 aromatic carbocycles. The van der Waals surface area contributed by atoms with Crippen LogP contribution in [0.25, 0.3) is 11.2 Å². The molecule has 0 saturated heterocycles. The molecular weight excluding hydrogens is 412 g/mol. The molecule has 3 saturated carbocycles. The molecule has 174 valence electrons. The largest absolute Gasteiger partial charge is 0.338 e. The summed E-state index contributed by atoms with van der Waals surface area (Å²) < 4.78 is 1.83. The second kappa shape index (κ2) is 7.00. The molecule has 0 radical (unpaired) electrons. The molecule has 3 aliphatic carbocycles. The third-order valence-corrected chi connectivity index (χ3v) is 10.2. The van der Waals surface area contributed by atoms with Crippen molar-refractivity contribution in [1.29, 1.82) is 0 Å². The fourth-order valence-electron chi connectivity index (χ4n) is 8.66. The first-order valence-corrected chi connectivity index (χ1v) is 12.6. The van der Waals surface area contributed by atoms with Gasteiger partial charge in [-0.1, -0.05) is 19.9 Å². The first kappa shape index (κ1) is 21.1. The smallest absolute Gasteiger partial charge is 0.246 e. The number of hydrogen-bond acceptors (Lipinski definition) is 4. The van der Waals surface area contributed by atoms with Crippen LogP contribution in [0.3, 0.4) is 0 Å². The zero-order valence-corrected chi connectivity index (χ0v) is 20.1. The molecule has 0 N–H and O–H groups in total. The summed E-state index contributed by atoms with van der Waals surface area (Å²) in [6.45, 7) is 6.49. The Morgan fingerprint density at radius 3 is 2.73 bits per heavy atom. The van der Waals surface area contributed by atoms with Gasteiger partial charge in [0.05, 0.1) is 5.52 Å². The molecule has 4 aliphatic rings. The van der Waals surface area contributed by atoms with Gasteiger partial charge in [0, 0.05) is 37.5 Å². The van der Waals surface area contributed by atoms with E-state index >= 15 is 0 Å². The van der Waals surface area contributed by atoms with Crippen LogP contribution in [0.2, 0.25) is 0 Å². The van der Waals surface area contributed by atoms with E-state index in [1.807, 2.05) is 34.7 Å². The number of nitrogens with zero attached hydrogens (tertiary/aromatic N) is 4. The summed E-state index contributed by atoms with van der Waals surface area (Å²) in [7, 11) is 1.98. The van der Waals surface area contributed by atoms with Gasteiger partial charge in [0.15, 0.2) is 5.65 Å². The number of carbonyl (C=O) groups excluding carboxylic acids is 2. The van der Waals surface area contributed by atoms with Gasteiger partial charge in [0.2, 0.25) is 11.8 Å². The molecule has 2 aromatic heterocycles. The van der Waals surface area contributed by atoms with E-state index in [1.165, 1.54) is 19.3 Å². The highest BCUT2D eigenvalue weighted by molar-refractivity contribution is 5.89. The Balaban J connectivity index is 1.38. The molecule has 6 nitrogen and oxygen atoms in total. The third kappa shape index (κ3) is 2.72. The van der Waals surface area contributed by atoms with Crippen molar-refractivity contribution in [2.45, 2.75) is 71.3 Å². The molecule has 3 heterocycles. The maximum absolute atomic E-state index is 12.7. The summed E-state index contributed by atoms with van der Waals surface area (Å²) in [4.78, 5) is 36.4. The Morgan fingerprint density at radius 1 is 1.12 bits per heavy atom. The number of rotatable bonds is 1. The fraction of sp³-hybridized carbons (Fsp3) is 0.630. The number of aromatic nitrogens is 3. The Bertz CT molecular complexity index is 1180. The van der Waals surface area contributed by atoms with E-state index in [4.69, 9.17) is 4.98 Å². The van der Waals surface area contributed by atoms with E-state index in [1.54, 1.807) is 13.1 Å². The van der Waals surface area contributed by atoms with E-state index in [0.717, 1.165) is 30.6 Å². The van der Waals surface area contributed by atoms with Crippen LogP contribution < -0.4 is 0 Å². The highest BCUT2D eigenvalue weighted by Crippen LogP contribution is 2.67. The summed E-state index contributed by atoms with van der Waals surface area (Å²) in [6, 6.07) is 4.16. The molecule has 0 bridgehead atoms. The Kier molecular flexibility index (Phi) is 4.47. The lowest BCUT2D eigenvalue weighted by Crippen LogP contribution is -2.59. The van der Waals surface area contributed by atoms with Gasteiger partial charge in [-0.3, -0.25) is 14.2 Å². The molecule has 3 fully saturated rings. The lowest BCUT2D eigenvalue weighted by atomic mass is 9.47. The minimum absolute atomic E-state index is 0.0225. The molecule has 7 atom stereocenters. The Hall–Kier alpha value is -2.50. The van der Waals surface area contributed by atoms with Gasteiger partial charge in [-0.2, -0.15) is 0 Å². The van der Waals surface area contributed by atoms with Crippen LogP contribution in [-0.2, 0) is 4.79 Å². The normalized spacial score (nSPS) is 39.9. The quantitative estimate of drug-likeness (QED) is 0.630. The van der Waals surface area contributed by atoms with Crippen LogP contribution in [0.15, 0.2) is 30.5 Å². The molecule has 2 unspecified atom stereocenters. The van der Waals surface area contributed by atoms with E-state index in [2.05, 4.69) is 24.9 Å². The number of hydrogen-bond donors (Lipinski definition) is 0. The van der Waals surface area contributed by atoms with Crippen LogP contribution in [0.5, 0.6) is 0 Å². The molecule has 1 aliphatic heterocycles. The van der Waals surface area contributed by atoms with Gasteiger partial charge >= 0.3 is 0 Å². The second-order valence-corrected chi connectivity index (χ2v) is 11.5. The molecule has 2 aromatic rings. The van der Waals surface area contributed by atoms with Crippen molar-refractivity contribution >= 4 is 23.0 Å². The van der Waals surface area contributed by atoms with Crippen LogP contribution in [0.4, 0.5) is 0 Å². The summed E-state index contributed by atoms with van der Waals surface area (Å²) in [6.07, 6.45) is 12.7. The fourth-order valence-corrected chi connectivity index (χ4v) is 8.66.